The molecule has 0 bridgehead atoms. The van der Waals surface area contributed by atoms with Crippen LogP contribution in [0.5, 0.6) is 0 Å². The molecule has 14 heavy (non-hydrogen) atoms. The Bertz CT molecular complexity index is 319. The molecule has 2 N–H and O–H groups in total. The van der Waals surface area contributed by atoms with E-state index in [1.165, 1.54) is 5.56 Å². The lowest BCUT2D eigenvalue weighted by Crippen LogP contribution is -2.10. The van der Waals surface area contributed by atoms with E-state index in [0.29, 0.717) is 12.5 Å². The second-order valence-corrected chi connectivity index (χ2v) is 3.74. The lowest BCUT2D eigenvalue weighted by Gasteiger charge is -2.09. The topological polar surface area (TPSA) is 49.8 Å². The maximum Gasteiger partial charge on any atom is 0.0834 e. The van der Waals surface area contributed by atoms with Crippen LogP contribution in [-0.2, 0) is 0 Å². The molecule has 0 heterocycles. The summed E-state index contributed by atoms with van der Waals surface area (Å²) < 4.78 is 0. The molecule has 0 aromatic heterocycles. The van der Waals surface area contributed by atoms with Gasteiger partial charge in [0, 0.05) is 6.54 Å². The second kappa shape index (κ2) is 4.78. The number of rotatable bonds is 3. The average Bonchev–Trinajstić information content (AvgIpc) is 2.20. The summed E-state index contributed by atoms with van der Waals surface area (Å²) in [5.74, 6) is 0.360. The summed E-state index contributed by atoms with van der Waals surface area (Å²) in [4.78, 5) is 0. The number of nitrogens with zero attached hydrogens (tertiary/aromatic N) is 1. The van der Waals surface area contributed by atoms with Crippen LogP contribution in [0.15, 0.2) is 24.3 Å². The van der Waals surface area contributed by atoms with Crippen LogP contribution in [0.2, 0.25) is 0 Å². The zero-order valence-corrected chi connectivity index (χ0v) is 8.70. The minimum Gasteiger partial charge on any atom is -0.329 e. The molecule has 0 radical (unpaired) electrons. The number of nitrogens with two attached hydrogens (primary N) is 1. The Hall–Kier alpha value is -1.33. The molecule has 0 aliphatic rings. The van der Waals surface area contributed by atoms with Gasteiger partial charge in [-0.15, -0.1) is 0 Å². The summed E-state index contributed by atoms with van der Waals surface area (Å²) in [7, 11) is 0. The summed E-state index contributed by atoms with van der Waals surface area (Å²) >= 11 is 0. The van der Waals surface area contributed by atoms with Gasteiger partial charge in [-0.3, -0.25) is 0 Å². The van der Waals surface area contributed by atoms with Crippen molar-refractivity contribution in [3.63, 3.8) is 0 Å². The number of nitriles is 1. The van der Waals surface area contributed by atoms with Crippen molar-refractivity contribution in [1.82, 2.24) is 0 Å². The first-order chi connectivity index (χ1) is 6.69. The van der Waals surface area contributed by atoms with Gasteiger partial charge in [0.05, 0.1) is 12.0 Å². The zero-order chi connectivity index (χ0) is 10.6. The third kappa shape index (κ3) is 2.34. The third-order valence-corrected chi connectivity index (χ3v) is 2.40. The molecule has 1 aromatic carbocycles. The minimum atomic E-state index is -0.170. The Balaban J connectivity index is 2.88. The van der Waals surface area contributed by atoms with Gasteiger partial charge in [-0.1, -0.05) is 38.1 Å². The molecule has 1 rings (SSSR count). The first-order valence-corrected chi connectivity index (χ1v) is 4.88. The van der Waals surface area contributed by atoms with Gasteiger partial charge in [-0.2, -0.15) is 5.26 Å². The van der Waals surface area contributed by atoms with Gasteiger partial charge in [0.1, 0.15) is 0 Å². The van der Waals surface area contributed by atoms with Crippen LogP contribution in [0.25, 0.3) is 0 Å². The Morgan fingerprint density at radius 3 is 2.07 bits per heavy atom. The van der Waals surface area contributed by atoms with Crippen molar-refractivity contribution in [2.24, 2.45) is 5.73 Å². The molecule has 0 aliphatic heterocycles. The summed E-state index contributed by atoms with van der Waals surface area (Å²) in [5.41, 5.74) is 7.80. The van der Waals surface area contributed by atoms with Crippen molar-refractivity contribution >= 4 is 0 Å². The summed E-state index contributed by atoms with van der Waals surface area (Å²) in [6.45, 7) is 4.69. The third-order valence-electron chi connectivity index (χ3n) is 2.40. The molecule has 0 saturated carbocycles. The van der Waals surface area contributed by atoms with Crippen LogP contribution < -0.4 is 5.73 Å². The van der Waals surface area contributed by atoms with E-state index in [0.717, 1.165) is 5.56 Å². The Morgan fingerprint density at radius 1 is 1.21 bits per heavy atom. The molecule has 2 nitrogen and oxygen atoms in total. The molecule has 0 spiro atoms. The average molecular weight is 188 g/mol. The van der Waals surface area contributed by atoms with E-state index < -0.39 is 0 Å². The van der Waals surface area contributed by atoms with Crippen molar-refractivity contribution in [3.8, 4) is 6.07 Å². The van der Waals surface area contributed by atoms with E-state index in [4.69, 9.17) is 11.0 Å². The smallest absolute Gasteiger partial charge is 0.0834 e. The predicted molar refractivity (Wildman–Crippen MR) is 57.9 cm³/mol. The number of hydrogen-bond acceptors (Lipinski definition) is 2. The van der Waals surface area contributed by atoms with Gasteiger partial charge in [-0.05, 0) is 17.0 Å². The highest BCUT2D eigenvalue weighted by atomic mass is 14.5. The molecule has 1 atom stereocenters. The van der Waals surface area contributed by atoms with Crippen LogP contribution in [0.4, 0.5) is 0 Å². The molecule has 0 amide bonds. The van der Waals surface area contributed by atoms with Gasteiger partial charge in [-0.25, -0.2) is 0 Å². The molecule has 2 heteroatoms. The zero-order valence-electron chi connectivity index (χ0n) is 8.70. The minimum absolute atomic E-state index is 0.170. The lowest BCUT2D eigenvalue weighted by molar-refractivity contribution is 0.845. The van der Waals surface area contributed by atoms with Gasteiger partial charge >= 0.3 is 0 Å². The summed E-state index contributed by atoms with van der Waals surface area (Å²) in [6, 6.07) is 10.3. The fraction of sp³-hybridized carbons (Fsp3) is 0.417. The van der Waals surface area contributed by atoms with Gasteiger partial charge in [0.2, 0.25) is 0 Å². The van der Waals surface area contributed by atoms with Crippen LogP contribution >= 0.6 is 0 Å². The van der Waals surface area contributed by atoms with Crippen LogP contribution in [-0.4, -0.2) is 6.54 Å². The Kier molecular flexibility index (Phi) is 3.67. The molecular formula is C12H16N2. The van der Waals surface area contributed by atoms with E-state index >= 15 is 0 Å². The quantitative estimate of drug-likeness (QED) is 0.791. The fourth-order valence-electron chi connectivity index (χ4n) is 1.38. The van der Waals surface area contributed by atoms with Crippen molar-refractivity contribution in [2.45, 2.75) is 25.7 Å². The highest BCUT2D eigenvalue weighted by Gasteiger charge is 2.07. The first-order valence-electron chi connectivity index (χ1n) is 4.88. The Labute approximate surface area is 85.4 Å². The maximum atomic E-state index is 8.83. The molecule has 74 valence electrons. The van der Waals surface area contributed by atoms with E-state index in [9.17, 15) is 0 Å². The largest absolute Gasteiger partial charge is 0.329 e. The van der Waals surface area contributed by atoms with E-state index in [1.54, 1.807) is 0 Å². The van der Waals surface area contributed by atoms with Gasteiger partial charge in [0.25, 0.3) is 0 Å². The van der Waals surface area contributed by atoms with Crippen molar-refractivity contribution in [2.75, 3.05) is 6.54 Å². The molecule has 1 unspecified atom stereocenters. The summed E-state index contributed by atoms with van der Waals surface area (Å²) in [6.07, 6.45) is 0. The van der Waals surface area contributed by atoms with Crippen LogP contribution in [0.3, 0.4) is 0 Å². The predicted octanol–water partition coefficient (Wildman–Crippen LogP) is 2.38. The van der Waals surface area contributed by atoms with Gasteiger partial charge in [0.15, 0.2) is 0 Å². The molecule has 0 fully saturated rings. The van der Waals surface area contributed by atoms with Gasteiger partial charge < -0.3 is 5.73 Å². The molecule has 0 aliphatic carbocycles. The molecule has 1 aromatic rings. The Morgan fingerprint density at radius 2 is 1.71 bits per heavy atom. The lowest BCUT2D eigenvalue weighted by atomic mass is 9.96. The molecular weight excluding hydrogens is 172 g/mol. The maximum absolute atomic E-state index is 8.83. The number of benzene rings is 1. The van der Waals surface area contributed by atoms with Crippen LogP contribution in [0.1, 0.15) is 36.8 Å². The van der Waals surface area contributed by atoms with E-state index in [1.807, 2.05) is 12.1 Å². The fourth-order valence-corrected chi connectivity index (χ4v) is 1.38. The van der Waals surface area contributed by atoms with Crippen molar-refractivity contribution in [3.05, 3.63) is 35.4 Å². The normalized spacial score (nSPS) is 12.5. The van der Waals surface area contributed by atoms with E-state index in [2.05, 4.69) is 32.0 Å². The SMILES string of the molecule is CC(C)c1ccc(C(C#N)CN)cc1. The van der Waals surface area contributed by atoms with E-state index in [-0.39, 0.29) is 5.92 Å². The first kappa shape index (κ1) is 10.7. The highest BCUT2D eigenvalue weighted by Crippen LogP contribution is 2.18. The second-order valence-electron chi connectivity index (χ2n) is 3.74. The van der Waals surface area contributed by atoms with Crippen molar-refractivity contribution < 1.29 is 0 Å². The van der Waals surface area contributed by atoms with Crippen molar-refractivity contribution in [1.29, 1.82) is 5.26 Å². The monoisotopic (exact) mass is 188 g/mol. The summed E-state index contributed by atoms with van der Waals surface area (Å²) in [5, 5.41) is 8.83. The highest BCUT2D eigenvalue weighted by molar-refractivity contribution is 5.30. The van der Waals surface area contributed by atoms with Crippen LogP contribution in [0, 0.1) is 11.3 Å². The standard InChI is InChI=1S/C12H16N2/c1-9(2)10-3-5-11(6-4-10)12(7-13)8-14/h3-6,9,12H,7,13H2,1-2H3. The number of hydrogen-bond donors (Lipinski definition) is 1. The molecule has 0 saturated heterocycles.